The average molecular weight is 393 g/mol. The summed E-state index contributed by atoms with van der Waals surface area (Å²) in [6.45, 7) is 8.58. The quantitative estimate of drug-likeness (QED) is 0.388. The van der Waals surface area contributed by atoms with Gasteiger partial charge in [-0.25, -0.2) is 0 Å². The van der Waals surface area contributed by atoms with Crippen LogP contribution in [-0.2, 0) is 0 Å². The Labute approximate surface area is 172 Å². The molecular weight excluding hydrogens is 364 g/mol. The molecule has 0 saturated heterocycles. The van der Waals surface area contributed by atoms with Gasteiger partial charge in [0.15, 0.2) is 0 Å². The molecule has 0 unspecified atom stereocenters. The van der Waals surface area contributed by atoms with E-state index in [1.54, 1.807) is 13.8 Å². The van der Waals surface area contributed by atoms with Crippen LogP contribution in [0.4, 0.5) is 0 Å². The highest BCUT2D eigenvalue weighted by molar-refractivity contribution is 6.48. The normalized spacial score (nSPS) is 14.2. The van der Waals surface area contributed by atoms with Crippen molar-refractivity contribution in [1.82, 2.24) is 0 Å². The molecule has 6 heteroatoms. The Kier molecular flexibility index (Phi) is 7.83. The summed E-state index contributed by atoms with van der Waals surface area (Å²) in [5, 5.41) is 25.1. The fourth-order valence-electron chi connectivity index (χ4n) is 2.75. The minimum Gasteiger partial charge on any atom is -0.411 e. The number of hydrogen-bond donors (Lipinski definition) is 2. The van der Waals surface area contributed by atoms with Crippen LogP contribution in [-0.4, -0.2) is 46.4 Å². The predicted octanol–water partition coefficient (Wildman–Crippen LogP) is 4.69. The van der Waals surface area contributed by atoms with Gasteiger partial charge in [-0.05, 0) is 13.8 Å². The zero-order chi connectivity index (χ0) is 21.3. The van der Waals surface area contributed by atoms with Gasteiger partial charge < -0.3 is 10.4 Å². The van der Waals surface area contributed by atoms with Gasteiger partial charge in [0.25, 0.3) is 0 Å². The number of oxime groups is 2. The van der Waals surface area contributed by atoms with Crippen LogP contribution in [0, 0.1) is 5.41 Å². The molecule has 0 aliphatic rings. The Bertz CT molecular complexity index is 839. The molecule has 0 atom stereocenters. The van der Waals surface area contributed by atoms with E-state index in [0.29, 0.717) is 35.9 Å². The molecular formula is C23H28N4O2. The zero-order valence-electron chi connectivity index (χ0n) is 17.4. The Morgan fingerprint density at radius 1 is 0.690 bits per heavy atom. The zero-order valence-corrected chi connectivity index (χ0v) is 17.4. The molecule has 2 N–H and O–H groups in total. The maximum absolute atomic E-state index is 9.23. The first-order valence-electron chi connectivity index (χ1n) is 9.46. The molecule has 0 aliphatic carbocycles. The molecule has 6 nitrogen and oxygen atoms in total. The third-order valence-electron chi connectivity index (χ3n) is 4.41. The van der Waals surface area contributed by atoms with E-state index in [0.717, 1.165) is 11.1 Å². The fraction of sp³-hybridized carbons (Fsp3) is 0.304. The van der Waals surface area contributed by atoms with Crippen LogP contribution < -0.4 is 0 Å². The monoisotopic (exact) mass is 392 g/mol. The molecule has 0 amide bonds. The Hall–Kier alpha value is -3.28. The van der Waals surface area contributed by atoms with Gasteiger partial charge in [-0.3, -0.25) is 9.98 Å². The molecule has 0 radical (unpaired) electrons. The summed E-state index contributed by atoms with van der Waals surface area (Å²) in [6, 6.07) is 19.3. The van der Waals surface area contributed by atoms with Gasteiger partial charge in [-0.2, -0.15) is 0 Å². The van der Waals surface area contributed by atoms with Gasteiger partial charge >= 0.3 is 0 Å². The Morgan fingerprint density at radius 2 is 1.03 bits per heavy atom. The lowest BCUT2D eigenvalue weighted by Gasteiger charge is -2.21. The summed E-state index contributed by atoms with van der Waals surface area (Å²) >= 11 is 0. The molecule has 2 rings (SSSR count). The van der Waals surface area contributed by atoms with Crippen LogP contribution in [0.25, 0.3) is 0 Å². The molecule has 0 fully saturated rings. The van der Waals surface area contributed by atoms with Gasteiger partial charge in [0, 0.05) is 29.6 Å². The highest BCUT2D eigenvalue weighted by atomic mass is 16.4. The lowest BCUT2D eigenvalue weighted by molar-refractivity contribution is 0.319. The SMILES string of the molecule is C/C(=N/O)C(=NCC(C)(C)CN=C(/C(C)=N/O)c1ccccc1)c1ccccc1. The lowest BCUT2D eigenvalue weighted by Crippen LogP contribution is -2.24. The van der Waals surface area contributed by atoms with Gasteiger partial charge in [0.1, 0.15) is 11.4 Å². The van der Waals surface area contributed by atoms with Gasteiger partial charge in [-0.1, -0.05) is 84.8 Å². The highest BCUT2D eigenvalue weighted by Crippen LogP contribution is 2.18. The average Bonchev–Trinajstić information content (AvgIpc) is 2.75. The summed E-state index contributed by atoms with van der Waals surface area (Å²) in [5.41, 5.74) is 3.77. The van der Waals surface area contributed by atoms with Crippen molar-refractivity contribution in [2.24, 2.45) is 25.7 Å². The number of hydrogen-bond acceptors (Lipinski definition) is 6. The lowest BCUT2D eigenvalue weighted by atomic mass is 9.93. The van der Waals surface area contributed by atoms with Crippen molar-refractivity contribution in [2.75, 3.05) is 13.1 Å². The summed E-state index contributed by atoms with van der Waals surface area (Å²) in [6.07, 6.45) is 0. The molecule has 2 aromatic rings. The van der Waals surface area contributed by atoms with Gasteiger partial charge in [-0.15, -0.1) is 0 Å². The van der Waals surface area contributed by atoms with Crippen molar-refractivity contribution < 1.29 is 10.4 Å². The summed E-state index contributed by atoms with van der Waals surface area (Å²) < 4.78 is 0. The van der Waals surface area contributed by atoms with E-state index in [1.807, 2.05) is 60.7 Å². The van der Waals surface area contributed by atoms with Crippen LogP contribution in [0.15, 0.2) is 81.0 Å². The highest BCUT2D eigenvalue weighted by Gasteiger charge is 2.20. The van der Waals surface area contributed by atoms with Crippen molar-refractivity contribution in [2.45, 2.75) is 27.7 Å². The molecule has 152 valence electrons. The summed E-state index contributed by atoms with van der Waals surface area (Å²) in [4.78, 5) is 9.46. The molecule has 0 aromatic heterocycles. The van der Waals surface area contributed by atoms with Gasteiger partial charge in [0.05, 0.1) is 11.4 Å². The predicted molar refractivity (Wildman–Crippen MR) is 119 cm³/mol. The first-order chi connectivity index (χ1) is 13.9. The Morgan fingerprint density at radius 3 is 1.34 bits per heavy atom. The van der Waals surface area contributed by atoms with Crippen molar-refractivity contribution in [3.8, 4) is 0 Å². The molecule has 0 heterocycles. The standard InChI is InChI=1S/C23H28N4O2/c1-17(26-28)21(19-11-7-5-8-12-19)24-15-23(3,4)16-25-22(18(2)27-29)20-13-9-6-10-14-20/h5-14,28-29H,15-16H2,1-4H3/b24-21?,25-22?,26-17-,27-18+. The first kappa shape index (κ1) is 22.0. The number of rotatable bonds is 8. The largest absolute Gasteiger partial charge is 0.411 e. The maximum Gasteiger partial charge on any atom is 0.102 e. The van der Waals surface area contributed by atoms with E-state index in [2.05, 4.69) is 24.2 Å². The van der Waals surface area contributed by atoms with E-state index >= 15 is 0 Å². The van der Waals surface area contributed by atoms with Crippen LogP contribution >= 0.6 is 0 Å². The van der Waals surface area contributed by atoms with E-state index < -0.39 is 0 Å². The second kappa shape index (κ2) is 10.3. The molecule has 0 bridgehead atoms. The minimum atomic E-state index is -0.258. The van der Waals surface area contributed by atoms with Crippen LogP contribution in [0.3, 0.4) is 0 Å². The van der Waals surface area contributed by atoms with E-state index in [4.69, 9.17) is 9.98 Å². The van der Waals surface area contributed by atoms with Crippen LogP contribution in [0.2, 0.25) is 0 Å². The Balaban J connectivity index is 2.27. The van der Waals surface area contributed by atoms with Crippen molar-refractivity contribution in [3.63, 3.8) is 0 Å². The second-order valence-corrected chi connectivity index (χ2v) is 7.60. The summed E-state index contributed by atoms with van der Waals surface area (Å²) in [5.74, 6) is 0. The third kappa shape index (κ3) is 6.38. The molecule has 0 saturated carbocycles. The fourth-order valence-corrected chi connectivity index (χ4v) is 2.75. The van der Waals surface area contributed by atoms with Crippen molar-refractivity contribution in [3.05, 3.63) is 71.8 Å². The topological polar surface area (TPSA) is 89.9 Å². The van der Waals surface area contributed by atoms with E-state index in [9.17, 15) is 10.4 Å². The smallest absolute Gasteiger partial charge is 0.102 e. The molecule has 29 heavy (non-hydrogen) atoms. The van der Waals surface area contributed by atoms with Crippen molar-refractivity contribution in [1.29, 1.82) is 0 Å². The minimum absolute atomic E-state index is 0.258. The third-order valence-corrected chi connectivity index (χ3v) is 4.41. The maximum atomic E-state index is 9.23. The number of nitrogens with zero attached hydrogens (tertiary/aromatic N) is 4. The van der Waals surface area contributed by atoms with Crippen molar-refractivity contribution >= 4 is 22.8 Å². The first-order valence-corrected chi connectivity index (χ1v) is 9.46. The molecule has 0 aliphatic heterocycles. The number of aliphatic imine (C=N–C) groups is 2. The van der Waals surface area contributed by atoms with Crippen LogP contribution in [0.1, 0.15) is 38.8 Å². The van der Waals surface area contributed by atoms with Crippen LogP contribution in [0.5, 0.6) is 0 Å². The number of benzene rings is 2. The second-order valence-electron chi connectivity index (χ2n) is 7.60. The molecule has 2 aromatic carbocycles. The molecule has 0 spiro atoms. The summed E-state index contributed by atoms with van der Waals surface area (Å²) in [7, 11) is 0. The van der Waals surface area contributed by atoms with E-state index in [1.165, 1.54) is 0 Å². The van der Waals surface area contributed by atoms with E-state index in [-0.39, 0.29) is 5.41 Å². The van der Waals surface area contributed by atoms with Gasteiger partial charge in [0.2, 0.25) is 0 Å².